The first kappa shape index (κ1) is 6.98. The summed E-state index contributed by atoms with van der Waals surface area (Å²) in [5.74, 6) is 0. The number of benzene rings is 1. The van der Waals surface area contributed by atoms with Gasteiger partial charge in [0.2, 0.25) is 0 Å². The zero-order valence-electron chi connectivity index (χ0n) is 6.67. The van der Waals surface area contributed by atoms with Crippen molar-refractivity contribution in [3.05, 3.63) is 42.1 Å². The lowest BCUT2D eigenvalue weighted by Crippen LogP contribution is -2.03. The van der Waals surface area contributed by atoms with Gasteiger partial charge in [0.1, 0.15) is 0 Å². The van der Waals surface area contributed by atoms with E-state index in [1.165, 1.54) is 0 Å². The van der Waals surface area contributed by atoms with Gasteiger partial charge in [0, 0.05) is 22.6 Å². The molecule has 0 radical (unpaired) electrons. The average molecular weight is 158 g/mol. The van der Waals surface area contributed by atoms with Crippen LogP contribution < -0.4 is 11.1 Å². The molecule has 0 aliphatic carbocycles. The van der Waals surface area contributed by atoms with E-state index in [-0.39, 0.29) is 0 Å². The smallest absolute Gasteiger partial charge is 0.0478 e. The molecule has 0 bridgehead atoms. The first-order valence-corrected chi connectivity index (χ1v) is 3.80. The predicted octanol–water partition coefficient (Wildman–Crippen LogP) is 2.22. The first-order chi connectivity index (χ1) is 5.77. The van der Waals surface area contributed by atoms with Gasteiger partial charge in [-0.15, -0.1) is 0 Å². The van der Waals surface area contributed by atoms with E-state index < -0.39 is 0 Å². The van der Waals surface area contributed by atoms with E-state index in [4.69, 9.17) is 5.73 Å². The SMILES string of the molecule is C=C1C=Cc2c(N)cccc2N1. The summed E-state index contributed by atoms with van der Waals surface area (Å²) >= 11 is 0. The van der Waals surface area contributed by atoms with Gasteiger partial charge < -0.3 is 11.1 Å². The van der Waals surface area contributed by atoms with Gasteiger partial charge in [0.25, 0.3) is 0 Å². The van der Waals surface area contributed by atoms with Crippen LogP contribution in [-0.2, 0) is 0 Å². The van der Waals surface area contributed by atoms with Gasteiger partial charge in [0.05, 0.1) is 0 Å². The summed E-state index contributed by atoms with van der Waals surface area (Å²) in [7, 11) is 0. The average Bonchev–Trinajstić information content (AvgIpc) is 2.04. The highest BCUT2D eigenvalue weighted by Gasteiger charge is 2.06. The quantitative estimate of drug-likeness (QED) is 0.568. The second-order valence-electron chi connectivity index (χ2n) is 2.79. The molecular weight excluding hydrogens is 148 g/mol. The topological polar surface area (TPSA) is 38.0 Å². The van der Waals surface area contributed by atoms with E-state index in [9.17, 15) is 0 Å². The van der Waals surface area contributed by atoms with Crippen LogP contribution in [-0.4, -0.2) is 0 Å². The maximum Gasteiger partial charge on any atom is 0.0478 e. The number of nitrogens with two attached hydrogens (primary N) is 1. The molecule has 0 spiro atoms. The van der Waals surface area contributed by atoms with E-state index >= 15 is 0 Å². The number of nitrogens with one attached hydrogen (secondary N) is 1. The van der Waals surface area contributed by atoms with Gasteiger partial charge in [-0.2, -0.15) is 0 Å². The van der Waals surface area contributed by atoms with Crippen LogP contribution in [0.3, 0.4) is 0 Å². The predicted molar refractivity (Wildman–Crippen MR) is 52.7 cm³/mol. The Labute approximate surface area is 71.4 Å². The second kappa shape index (κ2) is 2.41. The molecule has 1 aromatic carbocycles. The summed E-state index contributed by atoms with van der Waals surface area (Å²) < 4.78 is 0. The Hall–Kier alpha value is -1.70. The molecule has 12 heavy (non-hydrogen) atoms. The van der Waals surface area contributed by atoms with Crippen LogP contribution in [0.2, 0.25) is 0 Å². The summed E-state index contributed by atoms with van der Waals surface area (Å²) in [6, 6.07) is 5.80. The van der Waals surface area contributed by atoms with E-state index in [0.717, 1.165) is 22.6 Å². The molecule has 0 saturated heterocycles. The van der Waals surface area contributed by atoms with Crippen LogP contribution in [0.25, 0.3) is 6.08 Å². The van der Waals surface area contributed by atoms with Gasteiger partial charge in [-0.25, -0.2) is 0 Å². The lowest BCUT2D eigenvalue weighted by molar-refractivity contribution is 1.45. The minimum Gasteiger partial charge on any atom is -0.398 e. The molecule has 0 atom stereocenters. The minimum atomic E-state index is 0.795. The summed E-state index contributed by atoms with van der Waals surface area (Å²) in [5, 5.41) is 3.14. The molecule has 3 N–H and O–H groups in total. The number of fused-ring (bicyclic) bond motifs is 1. The van der Waals surface area contributed by atoms with Crippen LogP contribution >= 0.6 is 0 Å². The summed E-state index contributed by atoms with van der Waals surface area (Å²) in [6.07, 6.45) is 3.89. The van der Waals surface area contributed by atoms with Crippen molar-refractivity contribution in [3.8, 4) is 0 Å². The lowest BCUT2D eigenvalue weighted by atomic mass is 10.1. The number of hydrogen-bond acceptors (Lipinski definition) is 2. The second-order valence-corrected chi connectivity index (χ2v) is 2.79. The highest BCUT2D eigenvalue weighted by atomic mass is 14.9. The maximum atomic E-state index is 5.77. The van der Waals surface area contributed by atoms with Crippen LogP contribution in [0.5, 0.6) is 0 Å². The van der Waals surface area contributed by atoms with Crippen molar-refractivity contribution in [2.45, 2.75) is 0 Å². The summed E-state index contributed by atoms with van der Waals surface area (Å²) in [4.78, 5) is 0. The molecule has 0 aromatic heterocycles. The molecule has 60 valence electrons. The Kier molecular flexibility index (Phi) is 1.40. The zero-order valence-corrected chi connectivity index (χ0v) is 6.67. The van der Waals surface area contributed by atoms with Gasteiger partial charge in [-0.1, -0.05) is 12.6 Å². The molecule has 2 heteroatoms. The fraction of sp³-hybridized carbons (Fsp3) is 0. The number of allylic oxidation sites excluding steroid dienone is 1. The van der Waals surface area contributed by atoms with Crippen LogP contribution in [0, 0.1) is 0 Å². The van der Waals surface area contributed by atoms with Crippen molar-refractivity contribution in [1.82, 2.24) is 0 Å². The lowest BCUT2D eigenvalue weighted by Gasteiger charge is -2.15. The molecule has 1 heterocycles. The van der Waals surface area contributed by atoms with Crippen LogP contribution in [0.1, 0.15) is 5.56 Å². The van der Waals surface area contributed by atoms with E-state index in [2.05, 4.69) is 11.9 Å². The normalized spacial score (nSPS) is 13.8. The summed E-state index contributed by atoms with van der Waals surface area (Å²) in [5.41, 5.74) is 9.53. The molecule has 2 nitrogen and oxygen atoms in total. The van der Waals surface area contributed by atoms with Crippen LogP contribution in [0.15, 0.2) is 36.6 Å². The molecule has 1 aliphatic heterocycles. The van der Waals surface area contributed by atoms with Crippen molar-refractivity contribution in [1.29, 1.82) is 0 Å². The molecule has 0 unspecified atom stereocenters. The van der Waals surface area contributed by atoms with Gasteiger partial charge in [-0.05, 0) is 24.3 Å². The molecule has 2 rings (SSSR count). The molecular formula is C10H10N2. The number of nitrogen functional groups attached to an aromatic ring is 1. The number of hydrogen-bond donors (Lipinski definition) is 2. The van der Waals surface area contributed by atoms with E-state index in [1.54, 1.807) is 0 Å². The monoisotopic (exact) mass is 158 g/mol. The van der Waals surface area contributed by atoms with Crippen molar-refractivity contribution < 1.29 is 0 Å². The highest BCUT2D eigenvalue weighted by molar-refractivity contribution is 5.81. The largest absolute Gasteiger partial charge is 0.398 e. The third-order valence-electron chi connectivity index (χ3n) is 1.89. The fourth-order valence-corrected chi connectivity index (χ4v) is 1.28. The van der Waals surface area contributed by atoms with Gasteiger partial charge in [-0.3, -0.25) is 0 Å². The number of anilines is 2. The maximum absolute atomic E-state index is 5.77. The molecule has 0 fully saturated rings. The highest BCUT2D eigenvalue weighted by Crippen LogP contribution is 2.28. The van der Waals surface area contributed by atoms with E-state index in [1.807, 2.05) is 30.4 Å². The Balaban J connectivity index is 2.60. The zero-order chi connectivity index (χ0) is 8.55. The van der Waals surface area contributed by atoms with Crippen molar-refractivity contribution in [2.75, 3.05) is 11.1 Å². The number of rotatable bonds is 0. The Morgan fingerprint density at radius 3 is 2.92 bits per heavy atom. The minimum absolute atomic E-state index is 0.795. The first-order valence-electron chi connectivity index (χ1n) is 3.80. The Morgan fingerprint density at radius 1 is 1.25 bits per heavy atom. The van der Waals surface area contributed by atoms with E-state index in [0.29, 0.717) is 0 Å². The Morgan fingerprint density at radius 2 is 2.08 bits per heavy atom. The molecule has 0 saturated carbocycles. The standard InChI is InChI=1S/C10H10N2/c1-7-5-6-8-9(11)3-2-4-10(8)12-7/h2-6,12H,1,11H2. The fourth-order valence-electron chi connectivity index (χ4n) is 1.28. The van der Waals surface area contributed by atoms with Crippen LogP contribution in [0.4, 0.5) is 11.4 Å². The third kappa shape index (κ3) is 0.975. The van der Waals surface area contributed by atoms with Crippen molar-refractivity contribution in [3.63, 3.8) is 0 Å². The Bertz CT molecular complexity index is 364. The summed E-state index contributed by atoms with van der Waals surface area (Å²) in [6.45, 7) is 3.80. The molecule has 0 amide bonds. The van der Waals surface area contributed by atoms with Crippen molar-refractivity contribution >= 4 is 17.5 Å². The van der Waals surface area contributed by atoms with Gasteiger partial charge >= 0.3 is 0 Å². The van der Waals surface area contributed by atoms with Crippen molar-refractivity contribution in [2.24, 2.45) is 0 Å². The van der Waals surface area contributed by atoms with Gasteiger partial charge in [0.15, 0.2) is 0 Å². The molecule has 1 aliphatic rings. The molecule has 1 aromatic rings. The third-order valence-corrected chi connectivity index (χ3v) is 1.89.